The Kier molecular flexibility index (Phi) is 5.69. The smallest absolute Gasteiger partial charge is 0.383 e. The van der Waals surface area contributed by atoms with Gasteiger partial charge >= 0.3 is 6.18 Å². The number of hydrogen-bond donors (Lipinski definition) is 2. The lowest BCUT2D eigenvalue weighted by Gasteiger charge is -2.14. The van der Waals surface area contributed by atoms with Crippen LogP contribution in [-0.4, -0.2) is 36.1 Å². The molecule has 0 saturated heterocycles. The van der Waals surface area contributed by atoms with Crippen molar-refractivity contribution in [2.24, 2.45) is 0 Å². The summed E-state index contributed by atoms with van der Waals surface area (Å²) in [5.41, 5.74) is -0.947. The number of halogens is 3. The Hall–Kier alpha value is -2.68. The van der Waals surface area contributed by atoms with Crippen molar-refractivity contribution in [3.05, 3.63) is 47.9 Å². The van der Waals surface area contributed by atoms with Gasteiger partial charge in [-0.25, -0.2) is 9.97 Å². The number of benzene rings is 1. The summed E-state index contributed by atoms with van der Waals surface area (Å²) in [6.07, 6.45) is -3.40. The topological polar surface area (TPSA) is 76.1 Å². The molecule has 0 unspecified atom stereocenters. The number of methoxy groups -OCH3 is 1. The van der Waals surface area contributed by atoms with Crippen LogP contribution in [0.1, 0.15) is 16.1 Å². The number of carbonyl (C=O) groups is 1. The number of nitrogens with one attached hydrogen (secondary N) is 2. The van der Waals surface area contributed by atoms with Gasteiger partial charge in [-0.2, -0.15) is 13.2 Å². The highest BCUT2D eigenvalue weighted by molar-refractivity contribution is 5.92. The van der Waals surface area contributed by atoms with Gasteiger partial charge in [-0.1, -0.05) is 12.1 Å². The molecule has 0 fully saturated rings. The molecule has 1 amide bonds. The molecule has 2 rings (SSSR count). The van der Waals surface area contributed by atoms with E-state index in [1.165, 1.54) is 31.4 Å². The van der Waals surface area contributed by atoms with Crippen LogP contribution in [0.2, 0.25) is 0 Å². The Labute approximate surface area is 136 Å². The minimum Gasteiger partial charge on any atom is -0.383 e. The molecule has 1 heterocycles. The first-order valence-electron chi connectivity index (χ1n) is 6.94. The molecule has 0 radical (unpaired) electrons. The number of aromatic nitrogens is 2. The van der Waals surface area contributed by atoms with Gasteiger partial charge < -0.3 is 15.4 Å². The molecule has 2 N–H and O–H groups in total. The van der Waals surface area contributed by atoms with Gasteiger partial charge in [-0.05, 0) is 12.1 Å². The maximum absolute atomic E-state index is 13.0. The van der Waals surface area contributed by atoms with Crippen LogP contribution in [0.15, 0.2) is 36.7 Å². The highest BCUT2D eigenvalue weighted by Gasteiger charge is 2.33. The maximum atomic E-state index is 13.0. The Morgan fingerprint density at radius 3 is 2.71 bits per heavy atom. The fourth-order valence-electron chi connectivity index (χ4n) is 1.88. The maximum Gasteiger partial charge on any atom is 0.418 e. The standard InChI is InChI=1S/C15H15F3N4O2/c1-24-7-6-19-14(23)12-8-13(21-9-20-12)22-11-5-3-2-4-10(11)15(16,17)18/h2-5,8-9H,6-7H2,1H3,(H,19,23)(H,20,21,22). The second-order valence-electron chi connectivity index (χ2n) is 4.71. The van der Waals surface area contributed by atoms with E-state index in [2.05, 4.69) is 20.6 Å². The molecule has 24 heavy (non-hydrogen) atoms. The molecule has 1 aromatic carbocycles. The lowest BCUT2D eigenvalue weighted by molar-refractivity contribution is -0.136. The van der Waals surface area contributed by atoms with E-state index >= 15 is 0 Å². The molecular formula is C15H15F3N4O2. The Bertz CT molecular complexity index is 707. The van der Waals surface area contributed by atoms with E-state index in [4.69, 9.17) is 4.74 Å². The predicted molar refractivity (Wildman–Crippen MR) is 81.0 cm³/mol. The Morgan fingerprint density at radius 1 is 1.25 bits per heavy atom. The first-order chi connectivity index (χ1) is 11.4. The van der Waals surface area contributed by atoms with Gasteiger partial charge in [0.1, 0.15) is 17.8 Å². The normalized spacial score (nSPS) is 11.2. The zero-order valence-electron chi connectivity index (χ0n) is 12.7. The SMILES string of the molecule is COCCNC(=O)c1cc(Nc2ccccc2C(F)(F)F)ncn1. The van der Waals surface area contributed by atoms with Crippen molar-refractivity contribution in [1.82, 2.24) is 15.3 Å². The molecule has 0 saturated carbocycles. The van der Waals surface area contributed by atoms with E-state index in [0.717, 1.165) is 12.4 Å². The van der Waals surface area contributed by atoms with Crippen molar-refractivity contribution in [3.63, 3.8) is 0 Å². The van der Waals surface area contributed by atoms with Crippen LogP contribution in [0, 0.1) is 0 Å². The molecule has 0 bridgehead atoms. The van der Waals surface area contributed by atoms with Crippen LogP contribution in [0.25, 0.3) is 0 Å². The van der Waals surface area contributed by atoms with E-state index in [9.17, 15) is 18.0 Å². The van der Waals surface area contributed by atoms with Crippen molar-refractivity contribution in [1.29, 1.82) is 0 Å². The molecule has 0 spiro atoms. The Balaban J connectivity index is 2.17. The lowest BCUT2D eigenvalue weighted by atomic mass is 10.1. The predicted octanol–water partition coefficient (Wildman–Crippen LogP) is 2.62. The minimum absolute atomic E-state index is 0.0353. The largest absolute Gasteiger partial charge is 0.418 e. The van der Waals surface area contributed by atoms with Crippen molar-refractivity contribution < 1.29 is 22.7 Å². The summed E-state index contributed by atoms with van der Waals surface area (Å²) in [5, 5.41) is 5.13. The summed E-state index contributed by atoms with van der Waals surface area (Å²) < 4.78 is 43.8. The van der Waals surface area contributed by atoms with Crippen LogP contribution >= 0.6 is 0 Å². The molecule has 0 aliphatic heterocycles. The third-order valence-corrected chi connectivity index (χ3v) is 2.99. The summed E-state index contributed by atoms with van der Waals surface area (Å²) in [5.74, 6) is -0.389. The lowest BCUT2D eigenvalue weighted by Crippen LogP contribution is -2.27. The zero-order valence-corrected chi connectivity index (χ0v) is 12.7. The van der Waals surface area contributed by atoms with Crippen LogP contribution in [-0.2, 0) is 10.9 Å². The van der Waals surface area contributed by atoms with E-state index < -0.39 is 17.6 Å². The third-order valence-electron chi connectivity index (χ3n) is 2.99. The van der Waals surface area contributed by atoms with Gasteiger partial charge in [0.05, 0.1) is 17.9 Å². The van der Waals surface area contributed by atoms with Gasteiger partial charge in [0.25, 0.3) is 5.91 Å². The molecule has 2 aromatic rings. The number of amides is 1. The quantitative estimate of drug-likeness (QED) is 0.791. The first-order valence-corrected chi connectivity index (χ1v) is 6.94. The van der Waals surface area contributed by atoms with E-state index in [1.807, 2.05) is 0 Å². The number of alkyl halides is 3. The second-order valence-corrected chi connectivity index (χ2v) is 4.71. The number of ether oxygens (including phenoxy) is 1. The van der Waals surface area contributed by atoms with Gasteiger partial charge in [0, 0.05) is 19.7 Å². The van der Waals surface area contributed by atoms with E-state index in [0.29, 0.717) is 13.2 Å². The van der Waals surface area contributed by atoms with Gasteiger partial charge in [0.2, 0.25) is 0 Å². The fourth-order valence-corrected chi connectivity index (χ4v) is 1.88. The molecule has 0 aliphatic carbocycles. The van der Waals surface area contributed by atoms with Crippen LogP contribution in [0.4, 0.5) is 24.7 Å². The Morgan fingerprint density at radius 2 is 2.00 bits per heavy atom. The summed E-state index contributed by atoms with van der Waals surface area (Å²) in [7, 11) is 1.50. The number of para-hydroxylation sites is 1. The van der Waals surface area contributed by atoms with E-state index in [-0.39, 0.29) is 17.2 Å². The second kappa shape index (κ2) is 7.73. The monoisotopic (exact) mass is 340 g/mol. The van der Waals surface area contributed by atoms with Crippen molar-refractivity contribution >= 4 is 17.4 Å². The third kappa shape index (κ3) is 4.66. The highest BCUT2D eigenvalue weighted by atomic mass is 19.4. The average Bonchev–Trinajstić information content (AvgIpc) is 2.55. The molecule has 9 heteroatoms. The molecule has 128 valence electrons. The number of carbonyl (C=O) groups excluding carboxylic acids is 1. The number of hydrogen-bond acceptors (Lipinski definition) is 5. The van der Waals surface area contributed by atoms with Crippen LogP contribution < -0.4 is 10.6 Å². The highest BCUT2D eigenvalue weighted by Crippen LogP contribution is 2.35. The minimum atomic E-state index is -4.50. The van der Waals surface area contributed by atoms with Gasteiger partial charge in [0.15, 0.2) is 0 Å². The summed E-state index contributed by atoms with van der Waals surface area (Å²) >= 11 is 0. The van der Waals surface area contributed by atoms with Crippen LogP contribution in [0.3, 0.4) is 0 Å². The molecular weight excluding hydrogens is 325 g/mol. The average molecular weight is 340 g/mol. The molecule has 1 aromatic heterocycles. The van der Waals surface area contributed by atoms with Crippen molar-refractivity contribution in [2.75, 3.05) is 25.6 Å². The number of rotatable bonds is 6. The van der Waals surface area contributed by atoms with Gasteiger partial charge in [-0.15, -0.1) is 0 Å². The van der Waals surface area contributed by atoms with Crippen LogP contribution in [0.5, 0.6) is 0 Å². The summed E-state index contributed by atoms with van der Waals surface area (Å²) in [6.45, 7) is 0.625. The zero-order chi connectivity index (χ0) is 17.6. The molecule has 0 atom stereocenters. The number of anilines is 2. The first kappa shape index (κ1) is 17.7. The van der Waals surface area contributed by atoms with Gasteiger partial charge in [-0.3, -0.25) is 4.79 Å². The summed E-state index contributed by atoms with van der Waals surface area (Å²) in [6, 6.07) is 6.28. The van der Waals surface area contributed by atoms with Crippen molar-refractivity contribution in [2.45, 2.75) is 6.18 Å². The molecule has 6 nitrogen and oxygen atoms in total. The van der Waals surface area contributed by atoms with E-state index in [1.54, 1.807) is 0 Å². The fraction of sp³-hybridized carbons (Fsp3) is 0.267. The van der Waals surface area contributed by atoms with Crippen molar-refractivity contribution in [3.8, 4) is 0 Å². The number of nitrogens with zero attached hydrogens (tertiary/aromatic N) is 2. The summed E-state index contributed by atoms with van der Waals surface area (Å²) in [4.78, 5) is 19.5. The molecule has 0 aliphatic rings.